The molecule has 0 unspecified atom stereocenters. The van der Waals surface area contributed by atoms with Crippen molar-refractivity contribution in [1.82, 2.24) is 4.90 Å². The summed E-state index contributed by atoms with van der Waals surface area (Å²) >= 11 is 0. The number of rotatable bonds is 1. The molecule has 5 heteroatoms. The number of carboxylic acids is 1. The van der Waals surface area contributed by atoms with Crippen LogP contribution in [0, 0.1) is 11.8 Å². The van der Waals surface area contributed by atoms with Gasteiger partial charge in [0.1, 0.15) is 11.6 Å². The topological polar surface area (TPSA) is 66.8 Å². The highest BCUT2D eigenvalue weighted by atomic mass is 16.6. The van der Waals surface area contributed by atoms with E-state index < -0.39 is 23.7 Å². The molecule has 0 radical (unpaired) electrons. The monoisotopic (exact) mass is 241 g/mol. The quantitative estimate of drug-likeness (QED) is 0.759. The van der Waals surface area contributed by atoms with Crippen LogP contribution in [-0.4, -0.2) is 40.3 Å². The minimum Gasteiger partial charge on any atom is -0.480 e. The average molecular weight is 241 g/mol. The number of nitrogens with zero attached hydrogens (tertiary/aromatic N) is 1. The number of fused-ring (bicyclic) bond motifs is 1. The fourth-order valence-electron chi connectivity index (χ4n) is 2.66. The molecule has 1 saturated carbocycles. The highest BCUT2D eigenvalue weighted by Gasteiger charge is 2.52. The van der Waals surface area contributed by atoms with Gasteiger partial charge in [0, 0.05) is 6.54 Å². The largest absolute Gasteiger partial charge is 0.480 e. The second kappa shape index (κ2) is 3.89. The summed E-state index contributed by atoms with van der Waals surface area (Å²) in [6.45, 7) is 5.87. The van der Waals surface area contributed by atoms with Crippen molar-refractivity contribution in [2.45, 2.75) is 45.3 Å². The minimum absolute atomic E-state index is 0.125. The van der Waals surface area contributed by atoms with Gasteiger partial charge in [0.2, 0.25) is 0 Å². The summed E-state index contributed by atoms with van der Waals surface area (Å²) in [4.78, 5) is 24.5. The summed E-state index contributed by atoms with van der Waals surface area (Å²) in [6.07, 6.45) is 1.42. The van der Waals surface area contributed by atoms with E-state index >= 15 is 0 Å². The molecule has 2 rings (SSSR count). The molecule has 0 aromatic carbocycles. The number of carbonyl (C=O) groups excluding carboxylic acids is 1. The first kappa shape index (κ1) is 12.2. The molecule has 1 aliphatic heterocycles. The average Bonchev–Trinajstić information content (AvgIpc) is 2.35. The first-order chi connectivity index (χ1) is 7.79. The third kappa shape index (κ3) is 2.23. The Kier molecular flexibility index (Phi) is 2.79. The fourth-order valence-corrected chi connectivity index (χ4v) is 2.66. The molecule has 0 bridgehead atoms. The van der Waals surface area contributed by atoms with Gasteiger partial charge in [-0.1, -0.05) is 0 Å². The van der Waals surface area contributed by atoms with Gasteiger partial charge in [-0.2, -0.15) is 0 Å². The number of likely N-dealkylation sites (tertiary alicyclic amines) is 1. The highest BCUT2D eigenvalue weighted by Crippen LogP contribution is 2.45. The van der Waals surface area contributed by atoms with Crippen LogP contribution in [0.3, 0.4) is 0 Å². The summed E-state index contributed by atoms with van der Waals surface area (Å²) in [5.74, 6) is -0.438. The van der Waals surface area contributed by atoms with E-state index in [1.807, 2.05) is 0 Å². The molecule has 1 N–H and O–H groups in total. The number of ether oxygens (including phenoxy) is 1. The number of amides is 1. The van der Waals surface area contributed by atoms with E-state index in [1.54, 1.807) is 20.8 Å². The lowest BCUT2D eigenvalue weighted by Gasteiger charge is -2.31. The van der Waals surface area contributed by atoms with Gasteiger partial charge in [-0.05, 0) is 45.4 Å². The van der Waals surface area contributed by atoms with Crippen LogP contribution in [0.5, 0.6) is 0 Å². The van der Waals surface area contributed by atoms with Crippen molar-refractivity contribution < 1.29 is 19.4 Å². The van der Waals surface area contributed by atoms with E-state index in [0.717, 1.165) is 12.8 Å². The molecule has 5 nitrogen and oxygen atoms in total. The normalized spacial score (nSPS) is 31.7. The van der Waals surface area contributed by atoms with Crippen LogP contribution >= 0.6 is 0 Å². The Balaban J connectivity index is 2.09. The molecule has 2 fully saturated rings. The van der Waals surface area contributed by atoms with Crippen LogP contribution in [0.2, 0.25) is 0 Å². The molecule has 17 heavy (non-hydrogen) atoms. The Bertz CT molecular complexity index is 347. The van der Waals surface area contributed by atoms with Crippen LogP contribution in [0.1, 0.15) is 33.6 Å². The van der Waals surface area contributed by atoms with Gasteiger partial charge in [0.05, 0.1) is 0 Å². The summed E-state index contributed by atoms with van der Waals surface area (Å²) in [5, 5.41) is 9.20. The van der Waals surface area contributed by atoms with Gasteiger partial charge in [-0.3, -0.25) is 4.90 Å². The molecular formula is C12H19NO4. The number of carboxylic acid groups (broad SMARTS) is 1. The number of hydrogen-bond donors (Lipinski definition) is 1. The molecule has 2 aliphatic rings. The van der Waals surface area contributed by atoms with Crippen LogP contribution in [-0.2, 0) is 9.53 Å². The summed E-state index contributed by atoms with van der Waals surface area (Å²) in [6, 6.07) is -0.691. The van der Waals surface area contributed by atoms with Gasteiger partial charge in [0.15, 0.2) is 0 Å². The van der Waals surface area contributed by atoms with Gasteiger partial charge in [-0.25, -0.2) is 9.59 Å². The Labute approximate surface area is 101 Å². The Morgan fingerprint density at radius 3 is 2.35 bits per heavy atom. The first-order valence-electron chi connectivity index (χ1n) is 6.02. The van der Waals surface area contributed by atoms with E-state index in [2.05, 4.69) is 0 Å². The summed E-state index contributed by atoms with van der Waals surface area (Å²) in [5.41, 5.74) is -0.582. The molecule has 0 aromatic heterocycles. The zero-order valence-electron chi connectivity index (χ0n) is 10.5. The van der Waals surface area contributed by atoms with E-state index in [0.29, 0.717) is 12.5 Å². The van der Waals surface area contributed by atoms with E-state index in [9.17, 15) is 14.7 Å². The maximum Gasteiger partial charge on any atom is 0.411 e. The lowest BCUT2D eigenvalue weighted by Crippen LogP contribution is -2.45. The van der Waals surface area contributed by atoms with E-state index in [1.165, 1.54) is 4.90 Å². The van der Waals surface area contributed by atoms with Crippen molar-refractivity contribution in [3.8, 4) is 0 Å². The molecule has 1 aliphatic carbocycles. The standard InChI is InChI=1S/C12H19NO4/c1-12(2,3)17-11(16)13-6-7-4-5-8(7)9(13)10(14)15/h7-9H,4-6H2,1-3H3,(H,14,15)/t7-,8-,9-/m1/s1. The smallest absolute Gasteiger partial charge is 0.411 e. The van der Waals surface area contributed by atoms with Crippen molar-refractivity contribution in [3.63, 3.8) is 0 Å². The zero-order chi connectivity index (χ0) is 12.8. The molecule has 0 spiro atoms. The third-order valence-electron chi connectivity index (χ3n) is 3.53. The Morgan fingerprint density at radius 1 is 1.29 bits per heavy atom. The van der Waals surface area contributed by atoms with Crippen LogP contribution in [0.25, 0.3) is 0 Å². The second-order valence-electron chi connectivity index (χ2n) is 5.92. The number of hydrogen-bond acceptors (Lipinski definition) is 3. The Morgan fingerprint density at radius 2 is 1.94 bits per heavy atom. The number of aliphatic carboxylic acids is 1. The SMILES string of the molecule is CC(C)(C)OC(=O)N1C[C@H]2CC[C@H]2[C@@H]1C(=O)O. The molecule has 0 aromatic rings. The lowest BCUT2D eigenvalue weighted by molar-refractivity contribution is -0.144. The molecule has 96 valence electrons. The molecule has 1 saturated heterocycles. The summed E-state index contributed by atoms with van der Waals surface area (Å²) in [7, 11) is 0. The fraction of sp³-hybridized carbons (Fsp3) is 0.833. The van der Waals surface area contributed by atoms with E-state index in [-0.39, 0.29) is 5.92 Å². The first-order valence-corrected chi connectivity index (χ1v) is 6.02. The van der Waals surface area contributed by atoms with Gasteiger partial charge >= 0.3 is 12.1 Å². The predicted molar refractivity (Wildman–Crippen MR) is 60.6 cm³/mol. The maximum atomic E-state index is 11.9. The summed E-state index contributed by atoms with van der Waals surface area (Å²) < 4.78 is 5.25. The predicted octanol–water partition coefficient (Wildman–Crippen LogP) is 1.72. The van der Waals surface area contributed by atoms with Crippen molar-refractivity contribution in [1.29, 1.82) is 0 Å². The van der Waals surface area contributed by atoms with Crippen molar-refractivity contribution in [2.24, 2.45) is 11.8 Å². The second-order valence-corrected chi connectivity index (χ2v) is 5.92. The van der Waals surface area contributed by atoms with Gasteiger partial charge in [0.25, 0.3) is 0 Å². The van der Waals surface area contributed by atoms with Crippen molar-refractivity contribution in [2.75, 3.05) is 6.54 Å². The van der Waals surface area contributed by atoms with Gasteiger partial charge in [-0.15, -0.1) is 0 Å². The van der Waals surface area contributed by atoms with Crippen molar-refractivity contribution in [3.05, 3.63) is 0 Å². The van der Waals surface area contributed by atoms with Crippen LogP contribution in [0.4, 0.5) is 4.79 Å². The molecular weight excluding hydrogens is 222 g/mol. The van der Waals surface area contributed by atoms with Crippen LogP contribution in [0.15, 0.2) is 0 Å². The van der Waals surface area contributed by atoms with Crippen LogP contribution < -0.4 is 0 Å². The lowest BCUT2D eigenvalue weighted by atomic mass is 9.73. The third-order valence-corrected chi connectivity index (χ3v) is 3.53. The molecule has 3 atom stereocenters. The number of carbonyl (C=O) groups is 2. The van der Waals surface area contributed by atoms with Gasteiger partial charge < -0.3 is 9.84 Å². The zero-order valence-corrected chi connectivity index (χ0v) is 10.5. The van der Waals surface area contributed by atoms with Crippen molar-refractivity contribution >= 4 is 12.1 Å². The Hall–Kier alpha value is -1.26. The minimum atomic E-state index is -0.914. The van der Waals surface area contributed by atoms with E-state index in [4.69, 9.17) is 4.74 Å². The molecule has 1 amide bonds. The maximum absolute atomic E-state index is 11.9. The highest BCUT2D eigenvalue weighted by molar-refractivity contribution is 5.81. The molecule has 1 heterocycles.